The minimum Gasteiger partial charge on any atom is -0.496 e. The van der Waals surface area contributed by atoms with E-state index in [-0.39, 0.29) is 5.56 Å². The van der Waals surface area contributed by atoms with Crippen LogP contribution in [-0.4, -0.2) is 23.2 Å². The molecule has 19 heavy (non-hydrogen) atoms. The van der Waals surface area contributed by atoms with Gasteiger partial charge in [-0.15, -0.1) is 0 Å². The maximum atomic E-state index is 13.4. The van der Waals surface area contributed by atoms with Crippen LogP contribution < -0.4 is 4.74 Å². The Bertz CT molecular complexity index is 586. The summed E-state index contributed by atoms with van der Waals surface area (Å²) in [6, 6.07) is 7.08. The zero-order chi connectivity index (χ0) is 13.8. The number of ether oxygens (including phenoxy) is 1. The van der Waals surface area contributed by atoms with E-state index in [1.807, 2.05) is 0 Å². The molecule has 0 bridgehead atoms. The van der Waals surface area contributed by atoms with Crippen LogP contribution in [0.3, 0.4) is 0 Å². The van der Waals surface area contributed by atoms with E-state index in [9.17, 15) is 14.3 Å². The number of hydrogen-bond donors (Lipinski definition) is 1. The van der Waals surface area contributed by atoms with Gasteiger partial charge in [-0.3, -0.25) is 9.78 Å². The lowest BCUT2D eigenvalue weighted by Crippen LogP contribution is -2.14. The van der Waals surface area contributed by atoms with Crippen molar-refractivity contribution >= 4 is 5.97 Å². The van der Waals surface area contributed by atoms with Crippen molar-refractivity contribution in [2.45, 2.75) is 5.92 Å². The molecule has 5 heteroatoms. The summed E-state index contributed by atoms with van der Waals surface area (Å²) in [7, 11) is 1.42. The molecule has 1 unspecified atom stereocenters. The largest absolute Gasteiger partial charge is 0.496 e. The molecule has 98 valence electrons. The summed E-state index contributed by atoms with van der Waals surface area (Å²) < 4.78 is 18.5. The van der Waals surface area contributed by atoms with Crippen LogP contribution in [0, 0.1) is 5.82 Å². The topological polar surface area (TPSA) is 59.4 Å². The van der Waals surface area contributed by atoms with Crippen molar-refractivity contribution in [3.05, 3.63) is 59.7 Å². The second-order valence-corrected chi connectivity index (χ2v) is 3.94. The van der Waals surface area contributed by atoms with Crippen LogP contribution in [0.4, 0.5) is 4.39 Å². The zero-order valence-corrected chi connectivity index (χ0v) is 10.2. The molecular formula is C14H12FNO3. The predicted octanol–water partition coefficient (Wildman–Crippen LogP) is 2.45. The third kappa shape index (κ3) is 2.70. The molecular weight excluding hydrogens is 249 g/mol. The van der Waals surface area contributed by atoms with E-state index in [2.05, 4.69) is 4.98 Å². The van der Waals surface area contributed by atoms with Crippen molar-refractivity contribution < 1.29 is 19.0 Å². The number of carboxylic acids is 1. The normalized spacial score (nSPS) is 11.9. The maximum absolute atomic E-state index is 13.4. The quantitative estimate of drug-likeness (QED) is 0.918. The highest BCUT2D eigenvalue weighted by Gasteiger charge is 2.26. The number of aliphatic carboxylic acids is 1. The molecule has 1 heterocycles. The number of halogens is 1. The Morgan fingerprint density at radius 1 is 1.42 bits per heavy atom. The van der Waals surface area contributed by atoms with Crippen molar-refractivity contribution in [3.63, 3.8) is 0 Å². The Morgan fingerprint density at radius 3 is 2.79 bits per heavy atom. The van der Waals surface area contributed by atoms with Gasteiger partial charge in [-0.2, -0.15) is 0 Å². The number of rotatable bonds is 4. The lowest BCUT2D eigenvalue weighted by molar-refractivity contribution is -0.137. The molecule has 0 fully saturated rings. The maximum Gasteiger partial charge on any atom is 0.315 e. The van der Waals surface area contributed by atoms with Gasteiger partial charge in [0.15, 0.2) is 0 Å². The van der Waals surface area contributed by atoms with E-state index in [4.69, 9.17) is 4.74 Å². The molecule has 4 nitrogen and oxygen atoms in total. The van der Waals surface area contributed by atoms with Crippen molar-refractivity contribution in [1.82, 2.24) is 4.98 Å². The second kappa shape index (κ2) is 5.48. The lowest BCUT2D eigenvalue weighted by atomic mass is 9.91. The molecule has 0 spiro atoms. The average molecular weight is 261 g/mol. The van der Waals surface area contributed by atoms with Gasteiger partial charge in [-0.1, -0.05) is 6.07 Å². The Kier molecular flexibility index (Phi) is 3.75. The van der Waals surface area contributed by atoms with Crippen LogP contribution in [0.25, 0.3) is 0 Å². The summed E-state index contributed by atoms with van der Waals surface area (Å²) in [6.45, 7) is 0. The number of carboxylic acid groups (broad SMARTS) is 1. The first kappa shape index (κ1) is 13.0. The number of carbonyl (C=O) groups is 1. The van der Waals surface area contributed by atoms with E-state index in [1.54, 1.807) is 18.3 Å². The predicted molar refractivity (Wildman–Crippen MR) is 66.7 cm³/mol. The van der Waals surface area contributed by atoms with Crippen molar-refractivity contribution in [3.8, 4) is 5.75 Å². The number of nitrogens with zero attached hydrogens (tertiary/aromatic N) is 1. The number of benzene rings is 1. The van der Waals surface area contributed by atoms with Gasteiger partial charge in [0.1, 0.15) is 17.5 Å². The van der Waals surface area contributed by atoms with Crippen LogP contribution in [0.5, 0.6) is 5.75 Å². The van der Waals surface area contributed by atoms with Crippen molar-refractivity contribution in [2.24, 2.45) is 0 Å². The Morgan fingerprint density at radius 2 is 2.21 bits per heavy atom. The highest BCUT2D eigenvalue weighted by atomic mass is 19.1. The first-order valence-electron chi connectivity index (χ1n) is 5.59. The standard InChI is InChI=1S/C14H12FNO3/c1-19-12-5-4-10(15)7-11(12)13(14(17)18)9-3-2-6-16-8-9/h2-8,13H,1H3,(H,17,18). The third-order valence-corrected chi connectivity index (χ3v) is 2.77. The molecule has 0 saturated carbocycles. The zero-order valence-electron chi connectivity index (χ0n) is 10.2. The molecule has 1 aromatic carbocycles. The fourth-order valence-corrected chi connectivity index (χ4v) is 1.93. The van der Waals surface area contributed by atoms with E-state index in [0.29, 0.717) is 11.3 Å². The Hall–Kier alpha value is -2.43. The second-order valence-electron chi connectivity index (χ2n) is 3.94. The van der Waals surface area contributed by atoms with Crippen LogP contribution in [0.15, 0.2) is 42.7 Å². The molecule has 1 atom stereocenters. The lowest BCUT2D eigenvalue weighted by Gasteiger charge is -2.16. The molecule has 0 saturated heterocycles. The smallest absolute Gasteiger partial charge is 0.315 e. The summed E-state index contributed by atoms with van der Waals surface area (Å²) in [5, 5.41) is 9.39. The summed E-state index contributed by atoms with van der Waals surface area (Å²) in [5.74, 6) is -2.28. The number of aromatic nitrogens is 1. The van der Waals surface area contributed by atoms with Crippen LogP contribution in [-0.2, 0) is 4.79 Å². The summed E-state index contributed by atoms with van der Waals surface area (Å²) in [4.78, 5) is 15.4. The van der Waals surface area contributed by atoms with E-state index in [0.717, 1.165) is 0 Å². The molecule has 1 aromatic heterocycles. The van der Waals surface area contributed by atoms with E-state index in [1.165, 1.54) is 31.5 Å². The van der Waals surface area contributed by atoms with Gasteiger partial charge >= 0.3 is 5.97 Å². The van der Waals surface area contributed by atoms with Gasteiger partial charge in [-0.25, -0.2) is 4.39 Å². The van der Waals surface area contributed by atoms with E-state index < -0.39 is 17.7 Å². The molecule has 1 N–H and O–H groups in total. The average Bonchev–Trinajstić information content (AvgIpc) is 2.40. The number of hydrogen-bond acceptors (Lipinski definition) is 3. The molecule has 0 amide bonds. The van der Waals surface area contributed by atoms with Crippen LogP contribution in [0.2, 0.25) is 0 Å². The minimum atomic E-state index is -1.09. The molecule has 2 rings (SSSR count). The molecule has 2 aromatic rings. The monoisotopic (exact) mass is 261 g/mol. The summed E-state index contributed by atoms with van der Waals surface area (Å²) in [5.41, 5.74) is 0.738. The van der Waals surface area contributed by atoms with Crippen LogP contribution in [0.1, 0.15) is 17.0 Å². The van der Waals surface area contributed by atoms with Crippen LogP contribution >= 0.6 is 0 Å². The summed E-state index contributed by atoms with van der Waals surface area (Å²) >= 11 is 0. The minimum absolute atomic E-state index is 0.267. The molecule has 0 aliphatic heterocycles. The van der Waals surface area contributed by atoms with Gasteiger partial charge in [0, 0.05) is 18.0 Å². The Labute approximate surface area is 109 Å². The Balaban J connectivity index is 2.57. The van der Waals surface area contributed by atoms with Gasteiger partial charge in [0.25, 0.3) is 0 Å². The fourth-order valence-electron chi connectivity index (χ4n) is 1.93. The first-order chi connectivity index (χ1) is 9.13. The highest BCUT2D eigenvalue weighted by molar-refractivity contribution is 5.81. The van der Waals surface area contributed by atoms with Crippen molar-refractivity contribution in [1.29, 1.82) is 0 Å². The fraction of sp³-hybridized carbons (Fsp3) is 0.143. The van der Waals surface area contributed by atoms with Crippen molar-refractivity contribution in [2.75, 3.05) is 7.11 Å². The molecule has 0 aliphatic rings. The molecule has 0 aliphatic carbocycles. The molecule has 0 radical (unpaired) electrons. The highest BCUT2D eigenvalue weighted by Crippen LogP contribution is 2.32. The van der Waals surface area contributed by atoms with E-state index >= 15 is 0 Å². The van der Waals surface area contributed by atoms with Gasteiger partial charge in [-0.05, 0) is 29.8 Å². The third-order valence-electron chi connectivity index (χ3n) is 2.77. The number of pyridine rings is 1. The SMILES string of the molecule is COc1ccc(F)cc1C(C(=O)O)c1cccnc1. The first-order valence-corrected chi connectivity index (χ1v) is 5.59. The summed E-state index contributed by atoms with van der Waals surface area (Å²) in [6.07, 6.45) is 2.99. The van der Waals surface area contributed by atoms with Gasteiger partial charge in [0.05, 0.1) is 7.11 Å². The van der Waals surface area contributed by atoms with Gasteiger partial charge < -0.3 is 9.84 Å². The number of methoxy groups -OCH3 is 1. The van der Waals surface area contributed by atoms with Gasteiger partial charge in [0.2, 0.25) is 0 Å².